The Kier molecular flexibility index (Phi) is 8.32. The summed E-state index contributed by atoms with van der Waals surface area (Å²) >= 11 is 0. The SMILES string of the molecule is CCNC(=NCC1CCCOC1c1ccccc1)N1CCCC1.I. The predicted octanol–water partition coefficient (Wildman–Crippen LogP) is 3.83. The van der Waals surface area contributed by atoms with Crippen LogP contribution in [0.2, 0.25) is 0 Å². The van der Waals surface area contributed by atoms with Gasteiger partial charge in [-0.3, -0.25) is 4.99 Å². The van der Waals surface area contributed by atoms with Crippen molar-refractivity contribution in [2.75, 3.05) is 32.8 Å². The third-order valence-electron chi connectivity index (χ3n) is 4.79. The molecule has 3 rings (SSSR count). The molecule has 2 aliphatic rings. The maximum atomic E-state index is 6.09. The van der Waals surface area contributed by atoms with Crippen LogP contribution < -0.4 is 5.32 Å². The van der Waals surface area contributed by atoms with Crippen LogP contribution in [0.5, 0.6) is 0 Å². The van der Waals surface area contributed by atoms with Crippen LogP contribution in [0.15, 0.2) is 35.3 Å². The summed E-state index contributed by atoms with van der Waals surface area (Å²) in [6.45, 7) is 7.05. The zero-order valence-electron chi connectivity index (χ0n) is 14.6. The van der Waals surface area contributed by atoms with Crippen LogP contribution in [0, 0.1) is 5.92 Å². The van der Waals surface area contributed by atoms with E-state index in [9.17, 15) is 0 Å². The van der Waals surface area contributed by atoms with Crippen molar-refractivity contribution in [2.24, 2.45) is 10.9 Å². The van der Waals surface area contributed by atoms with Gasteiger partial charge in [0.1, 0.15) is 0 Å². The Labute approximate surface area is 163 Å². The second-order valence-corrected chi connectivity index (χ2v) is 6.49. The van der Waals surface area contributed by atoms with E-state index >= 15 is 0 Å². The molecule has 2 saturated heterocycles. The van der Waals surface area contributed by atoms with Crippen LogP contribution in [0.3, 0.4) is 0 Å². The summed E-state index contributed by atoms with van der Waals surface area (Å²) in [5.74, 6) is 1.56. The molecule has 2 atom stereocenters. The van der Waals surface area contributed by atoms with Crippen molar-refractivity contribution in [3.8, 4) is 0 Å². The summed E-state index contributed by atoms with van der Waals surface area (Å²) < 4.78 is 6.09. The minimum atomic E-state index is 0. The largest absolute Gasteiger partial charge is 0.373 e. The molecule has 0 bridgehead atoms. The van der Waals surface area contributed by atoms with E-state index in [4.69, 9.17) is 9.73 Å². The molecule has 2 unspecified atom stereocenters. The normalized spacial score (nSPS) is 24.5. The van der Waals surface area contributed by atoms with Gasteiger partial charge < -0.3 is 15.0 Å². The van der Waals surface area contributed by atoms with E-state index in [-0.39, 0.29) is 30.1 Å². The van der Waals surface area contributed by atoms with Gasteiger partial charge in [0.2, 0.25) is 0 Å². The molecule has 2 aliphatic heterocycles. The van der Waals surface area contributed by atoms with Gasteiger partial charge in [0.05, 0.1) is 6.10 Å². The topological polar surface area (TPSA) is 36.9 Å². The Bertz CT molecular complexity index is 503. The van der Waals surface area contributed by atoms with Crippen molar-refractivity contribution in [3.63, 3.8) is 0 Å². The van der Waals surface area contributed by atoms with E-state index in [1.165, 1.54) is 24.8 Å². The minimum absolute atomic E-state index is 0. The maximum absolute atomic E-state index is 6.09. The monoisotopic (exact) mass is 443 g/mol. The first-order chi connectivity index (χ1) is 11.4. The highest BCUT2D eigenvalue weighted by Crippen LogP contribution is 2.33. The zero-order valence-corrected chi connectivity index (χ0v) is 16.9. The van der Waals surface area contributed by atoms with Gasteiger partial charge in [0, 0.05) is 38.7 Å². The fourth-order valence-corrected chi connectivity index (χ4v) is 3.60. The number of hydrogen-bond donors (Lipinski definition) is 1. The summed E-state index contributed by atoms with van der Waals surface area (Å²) in [6, 6.07) is 10.6. The molecule has 0 radical (unpaired) electrons. The molecule has 4 nitrogen and oxygen atoms in total. The van der Waals surface area contributed by atoms with Gasteiger partial charge in [-0.05, 0) is 38.2 Å². The maximum Gasteiger partial charge on any atom is 0.193 e. The molecule has 1 N–H and O–H groups in total. The highest BCUT2D eigenvalue weighted by atomic mass is 127. The number of nitrogens with zero attached hydrogens (tertiary/aromatic N) is 2. The van der Waals surface area contributed by atoms with Gasteiger partial charge in [-0.2, -0.15) is 0 Å². The first kappa shape index (κ1) is 19.5. The molecule has 2 heterocycles. The van der Waals surface area contributed by atoms with E-state index in [1.807, 2.05) is 0 Å². The lowest BCUT2D eigenvalue weighted by atomic mass is 9.89. The van der Waals surface area contributed by atoms with E-state index in [2.05, 4.69) is 47.5 Å². The third-order valence-corrected chi connectivity index (χ3v) is 4.79. The molecule has 0 aliphatic carbocycles. The number of halogens is 1. The highest BCUT2D eigenvalue weighted by Gasteiger charge is 2.27. The molecule has 5 heteroatoms. The third kappa shape index (κ3) is 5.09. The van der Waals surface area contributed by atoms with Crippen LogP contribution in [0.4, 0.5) is 0 Å². The lowest BCUT2D eigenvalue weighted by Gasteiger charge is -2.31. The first-order valence-corrected chi connectivity index (χ1v) is 9.08. The van der Waals surface area contributed by atoms with E-state index < -0.39 is 0 Å². The summed E-state index contributed by atoms with van der Waals surface area (Å²) in [7, 11) is 0. The van der Waals surface area contributed by atoms with E-state index in [0.29, 0.717) is 5.92 Å². The molecule has 0 spiro atoms. The number of ether oxygens (including phenoxy) is 1. The average molecular weight is 443 g/mol. The molecule has 24 heavy (non-hydrogen) atoms. The number of benzene rings is 1. The highest BCUT2D eigenvalue weighted by molar-refractivity contribution is 14.0. The van der Waals surface area contributed by atoms with Crippen LogP contribution >= 0.6 is 24.0 Å². The summed E-state index contributed by atoms with van der Waals surface area (Å²) in [5, 5.41) is 3.45. The fourth-order valence-electron chi connectivity index (χ4n) is 3.60. The van der Waals surface area contributed by atoms with E-state index in [1.54, 1.807) is 0 Å². The second-order valence-electron chi connectivity index (χ2n) is 6.49. The predicted molar refractivity (Wildman–Crippen MR) is 110 cm³/mol. The van der Waals surface area contributed by atoms with Crippen molar-refractivity contribution in [3.05, 3.63) is 35.9 Å². The molecule has 0 aromatic heterocycles. The van der Waals surface area contributed by atoms with Gasteiger partial charge >= 0.3 is 0 Å². The quantitative estimate of drug-likeness (QED) is 0.437. The molecule has 1 aromatic rings. The molecule has 134 valence electrons. The number of guanidine groups is 1. The van der Waals surface area contributed by atoms with Gasteiger partial charge in [-0.15, -0.1) is 24.0 Å². The number of aliphatic imine (C=N–C) groups is 1. The van der Waals surface area contributed by atoms with Crippen LogP contribution in [-0.4, -0.2) is 43.6 Å². The minimum Gasteiger partial charge on any atom is -0.373 e. The summed E-state index contributed by atoms with van der Waals surface area (Å²) in [6.07, 6.45) is 5.09. The molecule has 1 aromatic carbocycles. The Morgan fingerprint density at radius 2 is 1.96 bits per heavy atom. The smallest absolute Gasteiger partial charge is 0.193 e. The van der Waals surface area contributed by atoms with Gasteiger partial charge in [-0.25, -0.2) is 0 Å². The lowest BCUT2D eigenvalue weighted by molar-refractivity contribution is -0.0250. The Morgan fingerprint density at radius 3 is 2.67 bits per heavy atom. The first-order valence-electron chi connectivity index (χ1n) is 9.08. The van der Waals surface area contributed by atoms with Crippen LogP contribution in [-0.2, 0) is 4.74 Å². The van der Waals surface area contributed by atoms with Crippen molar-refractivity contribution < 1.29 is 4.74 Å². The van der Waals surface area contributed by atoms with Crippen molar-refractivity contribution in [1.29, 1.82) is 0 Å². The van der Waals surface area contributed by atoms with Crippen LogP contribution in [0.1, 0.15) is 44.3 Å². The molecular formula is C19H30IN3O. The zero-order chi connectivity index (χ0) is 15.9. The summed E-state index contributed by atoms with van der Waals surface area (Å²) in [5.41, 5.74) is 1.29. The fraction of sp³-hybridized carbons (Fsp3) is 0.632. The number of hydrogen-bond acceptors (Lipinski definition) is 2. The Balaban J connectivity index is 0.00000208. The molecular weight excluding hydrogens is 413 g/mol. The van der Waals surface area contributed by atoms with Gasteiger partial charge in [-0.1, -0.05) is 30.3 Å². The number of nitrogens with one attached hydrogen (secondary N) is 1. The van der Waals surface area contributed by atoms with Gasteiger partial charge in [0.15, 0.2) is 5.96 Å². The standard InChI is InChI=1S/C19H29N3O.HI/c1-2-20-19(22-12-6-7-13-22)21-15-17-11-8-14-23-18(17)16-9-4-3-5-10-16;/h3-5,9-10,17-18H,2,6-8,11-15H2,1H3,(H,20,21);1H. The molecule has 2 fully saturated rings. The lowest BCUT2D eigenvalue weighted by Crippen LogP contribution is -2.40. The molecule has 0 saturated carbocycles. The summed E-state index contributed by atoms with van der Waals surface area (Å²) in [4.78, 5) is 7.34. The van der Waals surface area contributed by atoms with Crippen molar-refractivity contribution >= 4 is 29.9 Å². The Hall–Kier alpha value is -0.820. The number of rotatable bonds is 4. The number of likely N-dealkylation sites (tertiary alicyclic amines) is 1. The van der Waals surface area contributed by atoms with Crippen molar-refractivity contribution in [1.82, 2.24) is 10.2 Å². The van der Waals surface area contributed by atoms with Crippen LogP contribution in [0.25, 0.3) is 0 Å². The Morgan fingerprint density at radius 1 is 1.21 bits per heavy atom. The van der Waals surface area contributed by atoms with Gasteiger partial charge in [0.25, 0.3) is 0 Å². The van der Waals surface area contributed by atoms with Crippen molar-refractivity contribution in [2.45, 2.75) is 38.7 Å². The molecule has 0 amide bonds. The van der Waals surface area contributed by atoms with E-state index in [0.717, 1.165) is 45.2 Å². The average Bonchev–Trinajstić information content (AvgIpc) is 3.14. The second kappa shape index (κ2) is 10.2.